The number of hydrogen-bond acceptors (Lipinski definition) is 3. The molecule has 3 nitrogen and oxygen atoms in total. The van der Waals surface area contributed by atoms with Crippen molar-refractivity contribution in [2.75, 3.05) is 13.2 Å². The van der Waals surface area contributed by atoms with Gasteiger partial charge in [0.05, 0.1) is 13.2 Å². The first-order valence-corrected chi connectivity index (χ1v) is 7.35. The molecule has 1 N–H and O–H groups in total. The van der Waals surface area contributed by atoms with Crippen LogP contribution in [-0.4, -0.2) is 13.2 Å². The molecule has 0 aliphatic carbocycles. The number of ether oxygens (including phenoxy) is 1. The van der Waals surface area contributed by atoms with E-state index < -0.39 is 0 Å². The summed E-state index contributed by atoms with van der Waals surface area (Å²) in [5, 5.41) is 3.39. The second kappa shape index (κ2) is 8.39. The maximum Gasteiger partial charge on any atom is 0.118 e. The van der Waals surface area contributed by atoms with Crippen molar-refractivity contribution in [3.63, 3.8) is 0 Å². The molecule has 0 bridgehead atoms. The molecule has 0 fully saturated rings. The van der Waals surface area contributed by atoms with E-state index in [4.69, 9.17) is 9.15 Å². The summed E-state index contributed by atoms with van der Waals surface area (Å²) >= 11 is 0. The fourth-order valence-corrected chi connectivity index (χ4v) is 1.80. The normalized spacial score (nSPS) is 11.7. The van der Waals surface area contributed by atoms with Crippen LogP contribution in [0.15, 0.2) is 10.5 Å². The molecule has 110 valence electrons. The molecular weight excluding hydrogens is 238 g/mol. The van der Waals surface area contributed by atoms with Gasteiger partial charge in [-0.1, -0.05) is 27.7 Å². The minimum absolute atomic E-state index is 0.659. The Morgan fingerprint density at radius 2 is 1.95 bits per heavy atom. The molecule has 0 spiro atoms. The Balaban J connectivity index is 2.32. The van der Waals surface area contributed by atoms with Gasteiger partial charge >= 0.3 is 0 Å². The van der Waals surface area contributed by atoms with Crippen LogP contribution in [0.25, 0.3) is 0 Å². The van der Waals surface area contributed by atoms with E-state index in [9.17, 15) is 0 Å². The van der Waals surface area contributed by atoms with Gasteiger partial charge in [0.2, 0.25) is 0 Å². The summed E-state index contributed by atoms with van der Waals surface area (Å²) in [5.41, 5.74) is 1.17. The number of aryl methyl sites for hydroxylation is 1. The molecule has 0 saturated carbocycles. The second-order valence-electron chi connectivity index (χ2n) is 6.05. The lowest BCUT2D eigenvalue weighted by Gasteiger charge is -2.05. The first kappa shape index (κ1) is 16.3. The molecule has 0 aliphatic rings. The lowest BCUT2D eigenvalue weighted by Crippen LogP contribution is -2.18. The van der Waals surface area contributed by atoms with E-state index in [0.717, 1.165) is 37.6 Å². The highest BCUT2D eigenvalue weighted by molar-refractivity contribution is 5.19. The van der Waals surface area contributed by atoms with Crippen LogP contribution in [0.3, 0.4) is 0 Å². The monoisotopic (exact) mass is 267 g/mol. The molecule has 0 radical (unpaired) electrons. The van der Waals surface area contributed by atoms with E-state index in [-0.39, 0.29) is 0 Å². The van der Waals surface area contributed by atoms with Gasteiger partial charge in [-0.3, -0.25) is 0 Å². The average molecular weight is 267 g/mol. The van der Waals surface area contributed by atoms with Gasteiger partial charge in [-0.15, -0.1) is 0 Å². The predicted octanol–water partition coefficient (Wildman–Crippen LogP) is 3.90. The third-order valence-electron chi connectivity index (χ3n) is 3.02. The molecule has 0 saturated heterocycles. The van der Waals surface area contributed by atoms with Crippen LogP contribution >= 0.6 is 0 Å². The Labute approximate surface area is 117 Å². The van der Waals surface area contributed by atoms with Crippen molar-refractivity contribution in [2.24, 2.45) is 11.8 Å². The minimum atomic E-state index is 0.659. The third kappa shape index (κ3) is 6.79. The van der Waals surface area contributed by atoms with Gasteiger partial charge in [-0.25, -0.2) is 0 Å². The van der Waals surface area contributed by atoms with Crippen molar-refractivity contribution >= 4 is 0 Å². The van der Waals surface area contributed by atoms with E-state index in [2.05, 4.69) is 39.1 Å². The van der Waals surface area contributed by atoms with Crippen LogP contribution in [0.4, 0.5) is 0 Å². The fourth-order valence-electron chi connectivity index (χ4n) is 1.80. The molecule has 19 heavy (non-hydrogen) atoms. The molecule has 0 atom stereocenters. The van der Waals surface area contributed by atoms with Crippen LogP contribution in [0.1, 0.15) is 51.2 Å². The summed E-state index contributed by atoms with van der Waals surface area (Å²) < 4.78 is 11.4. The molecule has 1 rings (SSSR count). The summed E-state index contributed by atoms with van der Waals surface area (Å²) in [6.45, 7) is 14.1. The number of rotatable bonds is 9. The lowest BCUT2D eigenvalue weighted by atomic mass is 10.1. The topological polar surface area (TPSA) is 34.4 Å². The summed E-state index contributed by atoms with van der Waals surface area (Å²) in [6.07, 6.45) is 1.11. The highest BCUT2D eigenvalue weighted by Crippen LogP contribution is 2.16. The van der Waals surface area contributed by atoms with Gasteiger partial charge in [-0.05, 0) is 37.8 Å². The van der Waals surface area contributed by atoms with E-state index in [0.29, 0.717) is 18.4 Å². The van der Waals surface area contributed by atoms with Crippen LogP contribution in [-0.2, 0) is 17.9 Å². The fraction of sp³-hybridized carbons (Fsp3) is 0.750. The van der Waals surface area contributed by atoms with E-state index in [1.165, 1.54) is 5.56 Å². The highest BCUT2D eigenvalue weighted by Gasteiger charge is 2.07. The summed E-state index contributed by atoms with van der Waals surface area (Å²) in [5.74, 6) is 3.34. The van der Waals surface area contributed by atoms with Crippen molar-refractivity contribution in [3.8, 4) is 0 Å². The van der Waals surface area contributed by atoms with Crippen LogP contribution in [0, 0.1) is 18.8 Å². The first-order chi connectivity index (χ1) is 8.99. The average Bonchev–Trinajstić information content (AvgIpc) is 2.65. The van der Waals surface area contributed by atoms with Crippen LogP contribution in [0.2, 0.25) is 0 Å². The van der Waals surface area contributed by atoms with Crippen molar-refractivity contribution in [1.82, 2.24) is 5.32 Å². The summed E-state index contributed by atoms with van der Waals surface area (Å²) in [4.78, 5) is 0. The summed E-state index contributed by atoms with van der Waals surface area (Å²) in [7, 11) is 0. The molecule has 1 aromatic rings. The molecule has 0 aliphatic heterocycles. The van der Waals surface area contributed by atoms with Gasteiger partial charge in [0.15, 0.2) is 0 Å². The van der Waals surface area contributed by atoms with E-state index in [1.807, 2.05) is 6.92 Å². The smallest absolute Gasteiger partial charge is 0.118 e. The molecule has 1 heterocycles. The quantitative estimate of drug-likeness (QED) is 0.689. The Morgan fingerprint density at radius 3 is 2.58 bits per heavy atom. The SMILES string of the molecule is Cc1oc(CNCC(C)C)cc1COCCC(C)C. The predicted molar refractivity (Wildman–Crippen MR) is 79.1 cm³/mol. The zero-order valence-electron chi connectivity index (χ0n) is 13.1. The second-order valence-corrected chi connectivity index (χ2v) is 6.05. The molecule has 0 aromatic carbocycles. The van der Waals surface area contributed by atoms with Crippen LogP contribution < -0.4 is 5.32 Å². The van der Waals surface area contributed by atoms with Gasteiger partial charge in [-0.2, -0.15) is 0 Å². The highest BCUT2D eigenvalue weighted by atomic mass is 16.5. The standard InChI is InChI=1S/C16H29NO2/c1-12(2)6-7-18-11-15-8-16(19-14(15)5)10-17-9-13(3)4/h8,12-13,17H,6-7,9-11H2,1-5H3. The largest absolute Gasteiger partial charge is 0.465 e. The molecule has 0 unspecified atom stereocenters. The minimum Gasteiger partial charge on any atom is -0.465 e. The third-order valence-corrected chi connectivity index (χ3v) is 3.02. The number of furan rings is 1. The molecule has 3 heteroatoms. The number of hydrogen-bond donors (Lipinski definition) is 1. The van der Waals surface area contributed by atoms with Gasteiger partial charge in [0, 0.05) is 12.2 Å². The first-order valence-electron chi connectivity index (χ1n) is 7.35. The Bertz CT molecular complexity index is 356. The Kier molecular flexibility index (Phi) is 7.17. The van der Waals surface area contributed by atoms with Gasteiger partial charge in [0.1, 0.15) is 11.5 Å². The van der Waals surface area contributed by atoms with Crippen LogP contribution in [0.5, 0.6) is 0 Å². The molecule has 1 aromatic heterocycles. The maximum atomic E-state index is 5.73. The lowest BCUT2D eigenvalue weighted by molar-refractivity contribution is 0.110. The Morgan fingerprint density at radius 1 is 1.21 bits per heavy atom. The molecule has 0 amide bonds. The Hall–Kier alpha value is -0.800. The number of nitrogens with one attached hydrogen (secondary N) is 1. The van der Waals surface area contributed by atoms with E-state index in [1.54, 1.807) is 0 Å². The maximum absolute atomic E-state index is 5.73. The van der Waals surface area contributed by atoms with Gasteiger partial charge in [0.25, 0.3) is 0 Å². The van der Waals surface area contributed by atoms with Crippen molar-refractivity contribution in [3.05, 3.63) is 23.2 Å². The summed E-state index contributed by atoms with van der Waals surface area (Å²) in [6, 6.07) is 2.11. The van der Waals surface area contributed by atoms with Crippen molar-refractivity contribution in [2.45, 2.75) is 54.2 Å². The van der Waals surface area contributed by atoms with Crippen molar-refractivity contribution in [1.29, 1.82) is 0 Å². The zero-order valence-corrected chi connectivity index (χ0v) is 13.1. The zero-order chi connectivity index (χ0) is 14.3. The molecular formula is C16H29NO2. The van der Waals surface area contributed by atoms with Gasteiger partial charge < -0.3 is 14.5 Å². The van der Waals surface area contributed by atoms with E-state index >= 15 is 0 Å². The van der Waals surface area contributed by atoms with Crippen molar-refractivity contribution < 1.29 is 9.15 Å².